The molecule has 0 radical (unpaired) electrons. The maximum Gasteiger partial charge on any atom is 0.338 e. The maximum absolute atomic E-state index is 12.9. The highest BCUT2D eigenvalue weighted by Gasteiger charge is 2.36. The molecular weight excluding hydrogens is 408 g/mol. The fourth-order valence-electron chi connectivity index (χ4n) is 3.17. The summed E-state index contributed by atoms with van der Waals surface area (Å²) in [7, 11) is -3.59. The molecule has 2 aromatic carbocycles. The number of carbonyl (C=O) groups is 2. The van der Waals surface area contributed by atoms with E-state index in [1.807, 2.05) is 0 Å². The van der Waals surface area contributed by atoms with Crippen LogP contribution in [-0.4, -0.2) is 45.3 Å². The zero-order chi connectivity index (χ0) is 21.9. The maximum atomic E-state index is 12.9. The van der Waals surface area contributed by atoms with E-state index in [2.05, 4.69) is 5.32 Å². The normalized spacial score (nSPS) is 15.7. The number of rotatable bonds is 6. The Balaban J connectivity index is 1.87. The molecule has 3 rings (SSSR count). The molecule has 0 aliphatic carbocycles. The number of para-hydroxylation sites is 2. The van der Waals surface area contributed by atoms with E-state index < -0.39 is 28.0 Å². The molecule has 0 saturated carbocycles. The van der Waals surface area contributed by atoms with Gasteiger partial charge in [-0.15, -0.1) is 0 Å². The number of anilines is 2. The molecule has 1 heterocycles. The second-order valence-corrected chi connectivity index (χ2v) is 8.88. The topological polar surface area (TPSA) is 102 Å². The van der Waals surface area contributed by atoms with Gasteiger partial charge >= 0.3 is 5.97 Å². The van der Waals surface area contributed by atoms with Crippen molar-refractivity contribution in [3.05, 3.63) is 53.6 Å². The molecule has 1 atom stereocenters. The third-order valence-corrected chi connectivity index (χ3v) is 6.56. The number of carbonyl (C=O) groups excluding carboxylic acids is 2. The van der Waals surface area contributed by atoms with Crippen molar-refractivity contribution in [3.8, 4) is 5.75 Å². The van der Waals surface area contributed by atoms with E-state index in [-0.39, 0.29) is 18.9 Å². The van der Waals surface area contributed by atoms with Crippen LogP contribution < -0.4 is 14.4 Å². The predicted octanol–water partition coefficient (Wildman–Crippen LogP) is 2.73. The Hall–Kier alpha value is -3.07. The Morgan fingerprint density at radius 3 is 2.60 bits per heavy atom. The van der Waals surface area contributed by atoms with Gasteiger partial charge in [0.15, 0.2) is 6.10 Å². The van der Waals surface area contributed by atoms with E-state index >= 15 is 0 Å². The first kappa shape index (κ1) is 21.6. The number of amides is 1. The molecule has 1 amide bonds. The van der Waals surface area contributed by atoms with E-state index in [1.54, 1.807) is 63.2 Å². The number of hydrogen-bond donors (Lipinski definition) is 1. The van der Waals surface area contributed by atoms with Crippen LogP contribution >= 0.6 is 0 Å². The molecule has 0 spiro atoms. The van der Waals surface area contributed by atoms with Gasteiger partial charge in [-0.3, -0.25) is 9.10 Å². The predicted molar refractivity (Wildman–Crippen MR) is 113 cm³/mol. The van der Waals surface area contributed by atoms with Gasteiger partial charge in [-0.2, -0.15) is 0 Å². The molecule has 9 heteroatoms. The van der Waals surface area contributed by atoms with Crippen molar-refractivity contribution in [3.63, 3.8) is 0 Å². The van der Waals surface area contributed by atoms with Gasteiger partial charge in [0.25, 0.3) is 5.91 Å². The van der Waals surface area contributed by atoms with E-state index in [0.29, 0.717) is 28.3 Å². The van der Waals surface area contributed by atoms with Gasteiger partial charge in [-0.05, 0) is 50.6 Å². The van der Waals surface area contributed by atoms with Crippen molar-refractivity contribution < 1.29 is 27.5 Å². The quantitative estimate of drug-likeness (QED) is 0.705. The summed E-state index contributed by atoms with van der Waals surface area (Å²) in [5.74, 6) is -0.770. The monoisotopic (exact) mass is 432 g/mol. The van der Waals surface area contributed by atoms with Crippen molar-refractivity contribution in [2.75, 3.05) is 28.5 Å². The van der Waals surface area contributed by atoms with E-state index in [4.69, 9.17) is 9.47 Å². The molecule has 30 heavy (non-hydrogen) atoms. The highest BCUT2D eigenvalue weighted by molar-refractivity contribution is 7.92. The van der Waals surface area contributed by atoms with Crippen molar-refractivity contribution in [1.82, 2.24) is 0 Å². The summed E-state index contributed by atoms with van der Waals surface area (Å²) in [6.07, 6.45) is -1.05. The van der Waals surface area contributed by atoms with E-state index in [9.17, 15) is 18.0 Å². The Morgan fingerprint density at radius 2 is 1.90 bits per heavy atom. The molecule has 0 bridgehead atoms. The Bertz CT molecular complexity index is 1070. The van der Waals surface area contributed by atoms with Crippen molar-refractivity contribution >= 4 is 33.3 Å². The number of hydrogen-bond acceptors (Lipinski definition) is 6. The highest BCUT2D eigenvalue weighted by atomic mass is 32.2. The number of esters is 1. The van der Waals surface area contributed by atoms with Crippen LogP contribution in [0.25, 0.3) is 0 Å². The number of nitrogens with one attached hydrogen (secondary N) is 1. The van der Waals surface area contributed by atoms with Crippen molar-refractivity contribution in [1.29, 1.82) is 0 Å². The number of nitrogens with zero attached hydrogens (tertiary/aromatic N) is 1. The third-order valence-electron chi connectivity index (χ3n) is 4.81. The molecule has 1 aliphatic rings. The lowest BCUT2D eigenvalue weighted by Crippen LogP contribution is -2.49. The van der Waals surface area contributed by atoms with Crippen LogP contribution in [0.1, 0.15) is 29.8 Å². The van der Waals surface area contributed by atoms with Gasteiger partial charge in [-0.1, -0.05) is 18.2 Å². The average Bonchev–Trinajstić information content (AvgIpc) is 2.74. The second kappa shape index (κ2) is 8.74. The summed E-state index contributed by atoms with van der Waals surface area (Å²) in [5, 5.41) is 2.74. The van der Waals surface area contributed by atoms with Crippen LogP contribution in [0.15, 0.2) is 42.5 Å². The fourth-order valence-corrected chi connectivity index (χ4v) is 4.30. The first-order valence-electron chi connectivity index (χ1n) is 9.62. The summed E-state index contributed by atoms with van der Waals surface area (Å²) in [4.78, 5) is 25.0. The number of ether oxygens (including phenoxy) is 2. The summed E-state index contributed by atoms with van der Waals surface area (Å²) in [5.41, 5.74) is 1.74. The van der Waals surface area contributed by atoms with Crippen molar-refractivity contribution in [2.45, 2.75) is 26.9 Å². The third kappa shape index (κ3) is 4.25. The van der Waals surface area contributed by atoms with Crippen molar-refractivity contribution in [2.24, 2.45) is 0 Å². The molecule has 0 fully saturated rings. The Kier molecular flexibility index (Phi) is 6.31. The van der Waals surface area contributed by atoms with Crippen LogP contribution in [-0.2, 0) is 19.6 Å². The fraction of sp³-hybridized carbons (Fsp3) is 0.333. The highest BCUT2D eigenvalue weighted by Crippen LogP contribution is 2.35. The zero-order valence-electron chi connectivity index (χ0n) is 17.0. The van der Waals surface area contributed by atoms with Gasteiger partial charge in [0.2, 0.25) is 10.0 Å². The summed E-state index contributed by atoms with van der Waals surface area (Å²) < 4.78 is 37.2. The van der Waals surface area contributed by atoms with Crippen LogP contribution in [0, 0.1) is 6.92 Å². The Labute approximate surface area is 175 Å². The number of benzene rings is 2. The van der Waals surface area contributed by atoms with Gasteiger partial charge < -0.3 is 14.8 Å². The summed E-state index contributed by atoms with van der Waals surface area (Å²) in [6, 6.07) is 11.6. The summed E-state index contributed by atoms with van der Waals surface area (Å²) >= 11 is 0. The minimum absolute atomic E-state index is 0.101. The molecule has 1 aliphatic heterocycles. The SMILES string of the molecule is CCOC(=O)c1cccc(NC(=O)[C@H]2CN(S(=O)(=O)CC)c3ccccc3O2)c1C. The molecule has 1 N–H and O–H groups in total. The Morgan fingerprint density at radius 1 is 1.17 bits per heavy atom. The standard InChI is InChI=1S/C21H24N2O6S/c1-4-28-21(25)15-9-8-10-16(14(15)3)22-20(24)19-13-23(30(26,27)5-2)17-11-6-7-12-18(17)29-19/h6-12,19H,4-5,13H2,1-3H3,(H,22,24)/t19-/m1/s1. The number of sulfonamides is 1. The van der Waals surface area contributed by atoms with Crippen LogP contribution in [0.2, 0.25) is 0 Å². The second-order valence-electron chi connectivity index (χ2n) is 6.69. The lowest BCUT2D eigenvalue weighted by molar-refractivity contribution is -0.122. The van der Waals surface area contributed by atoms with Crippen LogP contribution in [0.3, 0.4) is 0 Å². The molecule has 160 valence electrons. The smallest absolute Gasteiger partial charge is 0.338 e. The number of fused-ring (bicyclic) bond motifs is 1. The van der Waals surface area contributed by atoms with Crippen LogP contribution in [0.5, 0.6) is 5.75 Å². The molecule has 8 nitrogen and oxygen atoms in total. The first-order chi connectivity index (χ1) is 14.3. The minimum Gasteiger partial charge on any atom is -0.476 e. The zero-order valence-corrected chi connectivity index (χ0v) is 17.9. The van der Waals surface area contributed by atoms with Crippen LogP contribution in [0.4, 0.5) is 11.4 Å². The van der Waals surface area contributed by atoms with Gasteiger partial charge in [0, 0.05) is 5.69 Å². The molecule has 0 aromatic heterocycles. The average molecular weight is 432 g/mol. The first-order valence-corrected chi connectivity index (χ1v) is 11.2. The van der Waals surface area contributed by atoms with Gasteiger partial charge in [-0.25, -0.2) is 13.2 Å². The van der Waals surface area contributed by atoms with E-state index in [1.165, 1.54) is 4.31 Å². The summed E-state index contributed by atoms with van der Waals surface area (Å²) in [6.45, 7) is 5.06. The molecule has 0 saturated heterocycles. The lowest BCUT2D eigenvalue weighted by atomic mass is 10.1. The largest absolute Gasteiger partial charge is 0.476 e. The van der Waals surface area contributed by atoms with Gasteiger partial charge in [0.1, 0.15) is 5.75 Å². The molecular formula is C21H24N2O6S. The molecule has 0 unspecified atom stereocenters. The lowest BCUT2D eigenvalue weighted by Gasteiger charge is -2.34. The van der Waals surface area contributed by atoms with Gasteiger partial charge in [0.05, 0.1) is 30.2 Å². The molecule has 2 aromatic rings. The van der Waals surface area contributed by atoms with E-state index in [0.717, 1.165) is 0 Å². The minimum atomic E-state index is -3.59.